The van der Waals surface area contributed by atoms with E-state index in [1.54, 1.807) is 0 Å². The maximum absolute atomic E-state index is 9.51. The fraction of sp³-hybridized carbons (Fsp3) is 0.0303. The molecule has 5 heterocycles. The molecule has 2 aromatic carbocycles. The van der Waals surface area contributed by atoms with Crippen LogP contribution in [0.2, 0.25) is 0 Å². The topological polar surface area (TPSA) is 95.7 Å². The van der Waals surface area contributed by atoms with Gasteiger partial charge >= 0.3 is 0 Å². The van der Waals surface area contributed by atoms with Crippen LogP contribution < -0.4 is 5.73 Å². The molecule has 0 amide bonds. The predicted molar refractivity (Wildman–Crippen MR) is 160 cm³/mol. The first-order chi connectivity index (χ1) is 19.1. The number of fused-ring (bicyclic) bond motifs is 4. The first-order valence-electron chi connectivity index (χ1n) is 12.7. The second kappa shape index (κ2) is 9.28. The van der Waals surface area contributed by atoms with Gasteiger partial charge in [-0.1, -0.05) is 42.5 Å². The quantitative estimate of drug-likeness (QED) is 0.523. The fourth-order valence-electron chi connectivity index (χ4n) is 5.03. The van der Waals surface area contributed by atoms with Crippen LogP contribution in [0, 0.1) is 0 Å². The molecular weight excluding hydrogens is 482 g/mol. The summed E-state index contributed by atoms with van der Waals surface area (Å²) in [5, 5.41) is 9.51. The third-order valence-electron chi connectivity index (χ3n) is 6.92. The highest BCUT2D eigenvalue weighted by molar-refractivity contribution is 6.34. The Morgan fingerprint density at radius 2 is 1.18 bits per heavy atom. The normalized spacial score (nSPS) is 18.9. The van der Waals surface area contributed by atoms with Crippen LogP contribution in [0.4, 0.5) is 5.69 Å². The Hall–Kier alpha value is -5.20. The van der Waals surface area contributed by atoms with E-state index in [0.29, 0.717) is 5.69 Å². The Bertz CT molecular complexity index is 1810. The van der Waals surface area contributed by atoms with Gasteiger partial charge in [-0.15, -0.1) is 0 Å². The summed E-state index contributed by atoms with van der Waals surface area (Å²) in [6.45, 7) is -0.00361. The fourth-order valence-corrected chi connectivity index (χ4v) is 5.03. The molecular formula is C33H23N5O. The molecule has 0 saturated carbocycles. The molecule has 0 radical (unpaired) electrons. The summed E-state index contributed by atoms with van der Waals surface area (Å²) in [5.74, 6) is 0. The zero-order valence-corrected chi connectivity index (χ0v) is 20.9. The van der Waals surface area contributed by atoms with Crippen LogP contribution in [0.5, 0.6) is 0 Å². The summed E-state index contributed by atoms with van der Waals surface area (Å²) in [4.78, 5) is 19.7. The highest BCUT2D eigenvalue weighted by Gasteiger charge is 2.22. The second-order valence-electron chi connectivity index (χ2n) is 9.50. The Morgan fingerprint density at radius 3 is 1.79 bits per heavy atom. The van der Waals surface area contributed by atoms with E-state index in [0.717, 1.165) is 73.5 Å². The van der Waals surface area contributed by atoms with E-state index in [9.17, 15) is 5.11 Å². The molecule has 186 valence electrons. The van der Waals surface area contributed by atoms with E-state index in [2.05, 4.69) is 0 Å². The van der Waals surface area contributed by atoms with E-state index >= 15 is 0 Å². The SMILES string of the molecule is Nc1ccccc1C1=C2C=CC(=N2)C=C2C=CC(=N2)C(c2ccc(CO)cc2)=C2C=CC(=N2)C=C2C=CC1=N2. The minimum Gasteiger partial charge on any atom is -0.398 e. The van der Waals surface area contributed by atoms with Gasteiger partial charge in [-0.25, -0.2) is 20.0 Å². The molecule has 39 heavy (non-hydrogen) atoms. The first-order valence-corrected chi connectivity index (χ1v) is 12.7. The summed E-state index contributed by atoms with van der Waals surface area (Å²) in [6, 6.07) is 15.6. The average Bonchev–Trinajstić information content (AvgIpc) is 3.76. The number of benzene rings is 2. The highest BCUT2D eigenvalue weighted by atomic mass is 16.3. The number of nitrogen functional groups attached to an aromatic ring is 1. The molecule has 6 nitrogen and oxygen atoms in total. The first kappa shape index (κ1) is 23.0. The smallest absolute Gasteiger partial charge is 0.0738 e. The minimum atomic E-state index is -0.00361. The molecule has 0 aliphatic carbocycles. The van der Waals surface area contributed by atoms with Crippen molar-refractivity contribution in [2.24, 2.45) is 20.0 Å². The molecule has 0 atom stereocenters. The Balaban J connectivity index is 1.43. The highest BCUT2D eigenvalue weighted by Crippen LogP contribution is 2.34. The van der Waals surface area contributed by atoms with Gasteiger partial charge in [0.1, 0.15) is 0 Å². The van der Waals surface area contributed by atoms with Crippen molar-refractivity contribution in [3.8, 4) is 0 Å². The van der Waals surface area contributed by atoms with Crippen LogP contribution in [0.15, 0.2) is 152 Å². The largest absolute Gasteiger partial charge is 0.398 e. The number of aliphatic hydroxyl groups excluding tert-OH is 1. The van der Waals surface area contributed by atoms with E-state index in [-0.39, 0.29) is 6.61 Å². The van der Waals surface area contributed by atoms with E-state index in [1.165, 1.54) is 0 Å². The molecule has 0 aromatic heterocycles. The molecule has 0 spiro atoms. The van der Waals surface area contributed by atoms with Crippen molar-refractivity contribution in [3.63, 3.8) is 0 Å². The molecule has 7 rings (SSSR count). The zero-order chi connectivity index (χ0) is 26.3. The van der Waals surface area contributed by atoms with Crippen LogP contribution in [-0.4, -0.2) is 28.0 Å². The maximum Gasteiger partial charge on any atom is 0.0738 e. The van der Waals surface area contributed by atoms with Gasteiger partial charge in [-0.05, 0) is 78.0 Å². The van der Waals surface area contributed by atoms with Gasteiger partial charge < -0.3 is 10.8 Å². The molecule has 6 heteroatoms. The predicted octanol–water partition coefficient (Wildman–Crippen LogP) is 5.71. The third-order valence-corrected chi connectivity index (χ3v) is 6.92. The average molecular weight is 506 g/mol. The maximum atomic E-state index is 9.51. The van der Waals surface area contributed by atoms with Crippen LogP contribution in [0.1, 0.15) is 16.7 Å². The van der Waals surface area contributed by atoms with Gasteiger partial charge in [0.2, 0.25) is 0 Å². The zero-order valence-electron chi connectivity index (χ0n) is 20.9. The molecule has 3 N–H and O–H groups in total. The van der Waals surface area contributed by atoms with Gasteiger partial charge in [0.25, 0.3) is 0 Å². The molecule has 0 saturated heterocycles. The molecule has 8 bridgehead atoms. The summed E-state index contributed by atoms with van der Waals surface area (Å²) >= 11 is 0. The standard InChI is InChI=1S/C33H23N5O/c34-27-4-2-1-3-26(27)33-30-15-11-24(37-30)17-22-9-13-28(35-22)32(21-7-5-20(19-39)6-8-21)29-14-10-23(36-29)18-25-12-16-31(33)38-25/h1-18,39H,19,34H2. The molecule has 2 aromatic rings. The van der Waals surface area contributed by atoms with Crippen molar-refractivity contribution in [1.82, 2.24) is 0 Å². The Kier molecular flexibility index (Phi) is 5.46. The number of anilines is 1. The van der Waals surface area contributed by atoms with Crippen molar-refractivity contribution in [1.29, 1.82) is 0 Å². The summed E-state index contributed by atoms with van der Waals surface area (Å²) in [6.07, 6.45) is 19.9. The summed E-state index contributed by atoms with van der Waals surface area (Å²) < 4.78 is 0. The minimum absolute atomic E-state index is 0.00361. The lowest BCUT2D eigenvalue weighted by molar-refractivity contribution is 0.282. The Morgan fingerprint density at radius 1 is 0.590 bits per heavy atom. The van der Waals surface area contributed by atoms with Crippen molar-refractivity contribution in [2.75, 3.05) is 5.73 Å². The van der Waals surface area contributed by atoms with Gasteiger partial charge in [0, 0.05) is 22.4 Å². The molecule has 0 unspecified atom stereocenters. The number of allylic oxidation sites excluding steroid dienone is 12. The van der Waals surface area contributed by atoms with E-state index in [4.69, 9.17) is 25.7 Å². The molecule has 5 aliphatic rings. The van der Waals surface area contributed by atoms with Crippen LogP contribution >= 0.6 is 0 Å². The second-order valence-corrected chi connectivity index (χ2v) is 9.50. The molecule has 0 fully saturated rings. The number of aliphatic imine (C=N–C) groups is 4. The van der Waals surface area contributed by atoms with Gasteiger partial charge in [-0.3, -0.25) is 0 Å². The number of hydrogen-bond acceptors (Lipinski definition) is 6. The number of aliphatic hydroxyl groups is 1. The number of rotatable bonds is 3. The summed E-state index contributed by atoms with van der Waals surface area (Å²) in [7, 11) is 0. The van der Waals surface area contributed by atoms with Crippen molar-refractivity contribution < 1.29 is 5.11 Å². The number of nitrogens with zero attached hydrogens (tertiary/aromatic N) is 4. The molecule has 5 aliphatic heterocycles. The summed E-state index contributed by atoms with van der Waals surface area (Å²) in [5.41, 5.74) is 18.0. The lowest BCUT2D eigenvalue weighted by atomic mass is 9.97. The Labute approximate surface area is 225 Å². The van der Waals surface area contributed by atoms with Crippen molar-refractivity contribution >= 4 is 39.7 Å². The van der Waals surface area contributed by atoms with Crippen molar-refractivity contribution in [2.45, 2.75) is 6.61 Å². The lowest BCUT2D eigenvalue weighted by Gasteiger charge is -2.11. The number of para-hydroxylation sites is 1. The van der Waals surface area contributed by atoms with Gasteiger partial charge in [0.15, 0.2) is 0 Å². The van der Waals surface area contributed by atoms with Gasteiger partial charge in [0.05, 0.1) is 52.2 Å². The van der Waals surface area contributed by atoms with Crippen LogP contribution in [0.25, 0.3) is 11.1 Å². The van der Waals surface area contributed by atoms with Crippen LogP contribution in [0.3, 0.4) is 0 Å². The lowest BCUT2D eigenvalue weighted by Crippen LogP contribution is -2.03. The van der Waals surface area contributed by atoms with Crippen molar-refractivity contribution in [3.05, 3.63) is 149 Å². The van der Waals surface area contributed by atoms with Crippen LogP contribution in [-0.2, 0) is 6.61 Å². The monoisotopic (exact) mass is 505 g/mol. The number of nitrogens with two attached hydrogens (primary N) is 1. The third kappa shape index (κ3) is 4.23. The van der Waals surface area contributed by atoms with E-state index in [1.807, 2.05) is 109 Å². The van der Waals surface area contributed by atoms with E-state index < -0.39 is 0 Å². The van der Waals surface area contributed by atoms with Gasteiger partial charge in [-0.2, -0.15) is 0 Å². The number of hydrogen-bond donors (Lipinski definition) is 2.